The van der Waals surface area contributed by atoms with E-state index in [-0.39, 0.29) is 17.3 Å². The van der Waals surface area contributed by atoms with Gasteiger partial charge in [0, 0.05) is 36.3 Å². The number of benzene rings is 1. The molecule has 0 saturated heterocycles. The van der Waals surface area contributed by atoms with Crippen LogP contribution in [0.4, 0.5) is 5.69 Å². The zero-order valence-corrected chi connectivity index (χ0v) is 16.0. The van der Waals surface area contributed by atoms with Crippen molar-refractivity contribution in [2.75, 3.05) is 25.5 Å². The Morgan fingerprint density at radius 2 is 1.91 bits per heavy atom. The van der Waals surface area contributed by atoms with Crippen molar-refractivity contribution in [3.05, 3.63) is 22.7 Å². The van der Waals surface area contributed by atoms with Gasteiger partial charge in [-0.15, -0.1) is 12.4 Å². The smallest absolute Gasteiger partial charge is 0.242 e. The van der Waals surface area contributed by atoms with E-state index in [2.05, 4.69) is 20.7 Å². The third kappa shape index (κ3) is 4.14. The van der Waals surface area contributed by atoms with Gasteiger partial charge >= 0.3 is 0 Å². The van der Waals surface area contributed by atoms with E-state index in [1.54, 1.807) is 12.1 Å². The second-order valence-corrected chi connectivity index (χ2v) is 8.31. The van der Waals surface area contributed by atoms with Gasteiger partial charge in [0.1, 0.15) is 0 Å². The molecular weight excluding hydrogens is 390 g/mol. The van der Waals surface area contributed by atoms with Crippen molar-refractivity contribution in [3.8, 4) is 0 Å². The Bertz CT molecular complexity index is 617. The molecule has 0 radical (unpaired) electrons. The third-order valence-electron chi connectivity index (χ3n) is 4.02. The van der Waals surface area contributed by atoms with E-state index in [1.807, 2.05) is 25.1 Å². The van der Waals surface area contributed by atoms with E-state index in [9.17, 15) is 8.42 Å². The second kappa shape index (κ2) is 7.49. The first-order valence-corrected chi connectivity index (χ1v) is 9.28. The van der Waals surface area contributed by atoms with Crippen molar-refractivity contribution in [2.24, 2.45) is 5.73 Å². The van der Waals surface area contributed by atoms with Gasteiger partial charge in [0.2, 0.25) is 10.0 Å². The number of nitrogens with two attached hydrogens (primary N) is 1. The summed E-state index contributed by atoms with van der Waals surface area (Å²) in [5.74, 6) is 0. The molecule has 1 saturated carbocycles. The van der Waals surface area contributed by atoms with Crippen LogP contribution in [0.3, 0.4) is 0 Å². The molecule has 1 aliphatic rings. The minimum atomic E-state index is -3.60. The molecule has 1 aromatic rings. The summed E-state index contributed by atoms with van der Waals surface area (Å²) < 4.78 is 28.9. The number of rotatable bonds is 5. The molecule has 2 rings (SSSR count). The van der Waals surface area contributed by atoms with Crippen molar-refractivity contribution in [3.63, 3.8) is 0 Å². The van der Waals surface area contributed by atoms with Gasteiger partial charge in [-0.25, -0.2) is 13.1 Å². The van der Waals surface area contributed by atoms with Gasteiger partial charge in [-0.05, 0) is 47.0 Å². The van der Waals surface area contributed by atoms with Crippen LogP contribution in [0.25, 0.3) is 0 Å². The maximum Gasteiger partial charge on any atom is 0.242 e. The van der Waals surface area contributed by atoms with Crippen LogP contribution in [0.2, 0.25) is 0 Å². The van der Waals surface area contributed by atoms with Gasteiger partial charge in [0.05, 0.1) is 4.90 Å². The molecule has 5 nitrogen and oxygen atoms in total. The second-order valence-electron chi connectivity index (χ2n) is 5.81. The van der Waals surface area contributed by atoms with Crippen LogP contribution < -0.4 is 15.4 Å². The predicted octanol–water partition coefficient (Wildman–Crippen LogP) is 2.49. The maximum atomic E-state index is 12.7. The Kier molecular flexibility index (Phi) is 6.71. The maximum absolute atomic E-state index is 12.7. The number of nitrogens with one attached hydrogen (secondary N) is 1. The molecule has 3 N–H and O–H groups in total. The van der Waals surface area contributed by atoms with E-state index in [0.29, 0.717) is 11.0 Å². The monoisotopic (exact) mass is 411 g/mol. The molecule has 1 fully saturated rings. The van der Waals surface area contributed by atoms with Crippen LogP contribution in [0.5, 0.6) is 0 Å². The lowest BCUT2D eigenvalue weighted by molar-refractivity contribution is 0.399. The van der Waals surface area contributed by atoms with Crippen molar-refractivity contribution < 1.29 is 8.42 Å². The number of sulfonamides is 1. The van der Waals surface area contributed by atoms with Crippen LogP contribution in [0.15, 0.2) is 27.6 Å². The average molecular weight is 413 g/mol. The number of anilines is 1. The van der Waals surface area contributed by atoms with Crippen molar-refractivity contribution in [1.29, 1.82) is 0 Å². The first-order valence-electron chi connectivity index (χ1n) is 7.01. The molecule has 8 heteroatoms. The zero-order valence-electron chi connectivity index (χ0n) is 12.8. The molecule has 126 valence electrons. The summed E-state index contributed by atoms with van der Waals surface area (Å²) in [4.78, 5) is 2.13. The van der Waals surface area contributed by atoms with E-state index in [0.717, 1.165) is 31.4 Å². The predicted molar refractivity (Wildman–Crippen MR) is 96.3 cm³/mol. The summed E-state index contributed by atoms with van der Waals surface area (Å²) in [5, 5.41) is 0. The molecule has 0 aliphatic heterocycles. The lowest BCUT2D eigenvalue weighted by atomic mass is 10.0. The summed E-state index contributed by atoms with van der Waals surface area (Å²) in [7, 11) is 0.156. The molecule has 0 atom stereocenters. The molecule has 1 aliphatic carbocycles. The summed E-state index contributed by atoms with van der Waals surface area (Å²) in [6.07, 6.45) is 3.62. The van der Waals surface area contributed by atoms with Gasteiger partial charge in [0.25, 0.3) is 0 Å². The fraction of sp³-hybridized carbons (Fsp3) is 0.571. The number of hydrogen-bond donors (Lipinski definition) is 2. The highest BCUT2D eigenvalue weighted by Crippen LogP contribution is 2.32. The Balaban J connectivity index is 0.00000242. The van der Waals surface area contributed by atoms with Gasteiger partial charge in [0.15, 0.2) is 0 Å². The molecule has 0 amide bonds. The van der Waals surface area contributed by atoms with E-state index >= 15 is 0 Å². The molecule has 0 aromatic heterocycles. The summed E-state index contributed by atoms with van der Waals surface area (Å²) in [6.45, 7) is 0.331. The largest absolute Gasteiger partial charge is 0.378 e. The first kappa shape index (κ1) is 19.7. The highest BCUT2D eigenvalue weighted by Gasteiger charge is 2.37. The lowest BCUT2D eigenvalue weighted by Crippen LogP contribution is -2.51. The van der Waals surface area contributed by atoms with Crippen LogP contribution in [0, 0.1) is 0 Å². The fourth-order valence-electron chi connectivity index (χ4n) is 2.72. The fourth-order valence-corrected chi connectivity index (χ4v) is 5.17. The van der Waals surface area contributed by atoms with Crippen LogP contribution in [-0.4, -0.2) is 34.6 Å². The molecule has 0 bridgehead atoms. The SMILES string of the molecule is CN(C)c1ccc(Br)c(S(=O)(=O)NC2(CN)CCCC2)c1.Cl. The number of nitrogens with zero attached hydrogens (tertiary/aromatic N) is 1. The van der Waals surface area contributed by atoms with Gasteiger partial charge in [-0.1, -0.05) is 12.8 Å². The molecule has 0 unspecified atom stereocenters. The van der Waals surface area contributed by atoms with Crippen LogP contribution in [-0.2, 0) is 10.0 Å². The Morgan fingerprint density at radius 1 is 1.32 bits per heavy atom. The molecule has 1 aromatic carbocycles. The van der Waals surface area contributed by atoms with Crippen molar-refractivity contribution in [1.82, 2.24) is 4.72 Å². The van der Waals surface area contributed by atoms with Gasteiger partial charge in [-0.3, -0.25) is 0 Å². The minimum Gasteiger partial charge on any atom is -0.378 e. The topological polar surface area (TPSA) is 75.4 Å². The molecule has 22 heavy (non-hydrogen) atoms. The minimum absolute atomic E-state index is 0. The quantitative estimate of drug-likeness (QED) is 0.779. The summed E-state index contributed by atoms with van der Waals surface area (Å²) >= 11 is 3.34. The molecular formula is C14H23BrClN3O2S. The van der Waals surface area contributed by atoms with Crippen molar-refractivity contribution >= 4 is 44.0 Å². The van der Waals surface area contributed by atoms with Crippen molar-refractivity contribution in [2.45, 2.75) is 36.1 Å². The Morgan fingerprint density at radius 3 is 2.41 bits per heavy atom. The summed E-state index contributed by atoms with van der Waals surface area (Å²) in [6, 6.07) is 5.30. The van der Waals surface area contributed by atoms with E-state index in [1.165, 1.54) is 0 Å². The zero-order chi connectivity index (χ0) is 15.7. The normalized spacial score (nSPS) is 17.1. The standard InChI is InChI=1S/C14H22BrN3O2S.ClH/c1-18(2)11-5-6-12(15)13(9-11)21(19,20)17-14(10-16)7-3-4-8-14;/h5-6,9,17H,3-4,7-8,10,16H2,1-2H3;1H. The first-order chi connectivity index (χ1) is 9.80. The summed E-state index contributed by atoms with van der Waals surface area (Å²) in [5.41, 5.74) is 6.17. The third-order valence-corrected chi connectivity index (χ3v) is 6.60. The number of halogens is 2. The Labute approximate surface area is 147 Å². The van der Waals surface area contributed by atoms with E-state index in [4.69, 9.17) is 5.73 Å². The van der Waals surface area contributed by atoms with Gasteiger partial charge < -0.3 is 10.6 Å². The Hall–Kier alpha value is -0.340. The van der Waals surface area contributed by atoms with Gasteiger partial charge in [-0.2, -0.15) is 0 Å². The highest BCUT2D eigenvalue weighted by atomic mass is 79.9. The van der Waals surface area contributed by atoms with E-state index < -0.39 is 15.6 Å². The van der Waals surface area contributed by atoms with Crippen LogP contribution in [0.1, 0.15) is 25.7 Å². The van der Waals surface area contributed by atoms with Crippen LogP contribution >= 0.6 is 28.3 Å². The molecule has 0 heterocycles. The number of hydrogen-bond acceptors (Lipinski definition) is 4. The average Bonchev–Trinajstić information content (AvgIpc) is 2.87. The lowest BCUT2D eigenvalue weighted by Gasteiger charge is -2.28. The molecule has 0 spiro atoms. The highest BCUT2D eigenvalue weighted by molar-refractivity contribution is 9.10.